The molecular formula is C23H24ClF4N7. The van der Waals surface area contributed by atoms with Crippen LogP contribution >= 0.6 is 11.6 Å². The number of nitrogens with one attached hydrogen (secondary N) is 1. The van der Waals surface area contributed by atoms with Gasteiger partial charge in [-0.3, -0.25) is 0 Å². The van der Waals surface area contributed by atoms with E-state index in [1.807, 2.05) is 9.47 Å². The summed E-state index contributed by atoms with van der Waals surface area (Å²) in [4.78, 5) is 15.0. The first-order valence-corrected chi connectivity index (χ1v) is 11.8. The van der Waals surface area contributed by atoms with E-state index in [0.29, 0.717) is 36.2 Å². The first-order valence-electron chi connectivity index (χ1n) is 11.4. The first-order chi connectivity index (χ1) is 16.7. The van der Waals surface area contributed by atoms with Crippen molar-refractivity contribution in [3.8, 4) is 11.3 Å². The van der Waals surface area contributed by atoms with Crippen LogP contribution in [0.3, 0.4) is 0 Å². The van der Waals surface area contributed by atoms with Gasteiger partial charge >= 0.3 is 6.18 Å². The highest BCUT2D eigenvalue weighted by molar-refractivity contribution is 6.35. The molecule has 1 atom stereocenters. The summed E-state index contributed by atoms with van der Waals surface area (Å²) in [6, 6.07) is 3.31. The molecule has 0 bridgehead atoms. The van der Waals surface area contributed by atoms with Crippen LogP contribution < -0.4 is 16.0 Å². The molecule has 2 aliphatic heterocycles. The molecule has 0 saturated carbocycles. The summed E-state index contributed by atoms with van der Waals surface area (Å²) < 4.78 is 55.7. The summed E-state index contributed by atoms with van der Waals surface area (Å²) in [6.07, 6.45) is 0.911. The lowest BCUT2D eigenvalue weighted by Crippen LogP contribution is -2.45. The molecule has 0 unspecified atom stereocenters. The lowest BCUT2D eigenvalue weighted by atomic mass is 9.95. The van der Waals surface area contributed by atoms with Gasteiger partial charge in [-0.15, -0.1) is 0 Å². The standard InChI is InChI=1S/C23H24ClF4N7/c24-19-20(29)31-12-32-22(19)34-7-4-13(5-8-34)21-33-18(11-35(21)10-15-3-6-30-15)14-1-2-17(25)16(9-14)23(26,27)28/h1-2,9,11-13,15,30H,3-8,10H2,(H2,29,31,32)/t15-/m0/s1. The van der Waals surface area contributed by atoms with Gasteiger partial charge in [0, 0.05) is 43.4 Å². The van der Waals surface area contributed by atoms with Gasteiger partial charge in [-0.05, 0) is 44.0 Å². The van der Waals surface area contributed by atoms with Gasteiger partial charge in [-0.25, -0.2) is 19.3 Å². The maximum absolute atomic E-state index is 13.8. The number of halogens is 5. The predicted molar refractivity (Wildman–Crippen MR) is 125 cm³/mol. The Labute approximate surface area is 204 Å². The maximum Gasteiger partial charge on any atom is 0.419 e. The second-order valence-electron chi connectivity index (χ2n) is 8.93. The van der Waals surface area contributed by atoms with Crippen LogP contribution in [-0.2, 0) is 12.7 Å². The number of aromatic nitrogens is 4. The zero-order valence-electron chi connectivity index (χ0n) is 18.7. The van der Waals surface area contributed by atoms with Crippen LogP contribution in [0.2, 0.25) is 5.02 Å². The van der Waals surface area contributed by atoms with Crippen molar-refractivity contribution >= 4 is 23.2 Å². The maximum atomic E-state index is 13.8. The van der Waals surface area contributed by atoms with E-state index < -0.39 is 17.6 Å². The smallest absolute Gasteiger partial charge is 0.382 e. The quantitative estimate of drug-likeness (QED) is 0.493. The third-order valence-corrected chi connectivity index (χ3v) is 7.04. The molecule has 4 heterocycles. The van der Waals surface area contributed by atoms with Crippen molar-refractivity contribution in [1.29, 1.82) is 0 Å². The molecule has 5 rings (SSSR count). The Kier molecular flexibility index (Phi) is 6.30. The number of hydrogen-bond acceptors (Lipinski definition) is 6. The summed E-state index contributed by atoms with van der Waals surface area (Å²) in [5.74, 6) is 0.437. The van der Waals surface area contributed by atoms with Crippen molar-refractivity contribution in [2.75, 3.05) is 30.3 Å². The average molecular weight is 510 g/mol. The van der Waals surface area contributed by atoms with Gasteiger partial charge < -0.3 is 20.5 Å². The second-order valence-corrected chi connectivity index (χ2v) is 9.30. The van der Waals surface area contributed by atoms with Crippen molar-refractivity contribution in [1.82, 2.24) is 24.8 Å². The first kappa shape index (κ1) is 23.8. The van der Waals surface area contributed by atoms with E-state index in [1.165, 1.54) is 12.4 Å². The third-order valence-electron chi connectivity index (χ3n) is 6.68. The topological polar surface area (TPSA) is 84.9 Å². The van der Waals surface area contributed by atoms with E-state index in [1.54, 1.807) is 6.20 Å². The molecule has 35 heavy (non-hydrogen) atoms. The molecule has 186 valence electrons. The van der Waals surface area contributed by atoms with Crippen LogP contribution in [-0.4, -0.2) is 45.2 Å². The van der Waals surface area contributed by atoms with Crippen molar-refractivity contribution in [3.63, 3.8) is 0 Å². The van der Waals surface area contributed by atoms with E-state index in [0.717, 1.165) is 43.8 Å². The lowest BCUT2D eigenvalue weighted by molar-refractivity contribution is -0.139. The number of nitrogen functional groups attached to an aromatic ring is 1. The Morgan fingerprint density at radius 1 is 1.14 bits per heavy atom. The minimum absolute atomic E-state index is 0.0978. The van der Waals surface area contributed by atoms with Crippen LogP contribution in [0.25, 0.3) is 11.3 Å². The monoisotopic (exact) mass is 509 g/mol. The van der Waals surface area contributed by atoms with Crippen LogP contribution in [0.15, 0.2) is 30.7 Å². The van der Waals surface area contributed by atoms with Gasteiger partial charge in [0.1, 0.15) is 28.8 Å². The van der Waals surface area contributed by atoms with E-state index in [9.17, 15) is 17.6 Å². The van der Waals surface area contributed by atoms with Gasteiger partial charge in [-0.1, -0.05) is 11.6 Å². The molecule has 2 fully saturated rings. The minimum Gasteiger partial charge on any atom is -0.382 e. The van der Waals surface area contributed by atoms with E-state index in [2.05, 4.69) is 15.3 Å². The number of anilines is 2. The molecule has 0 amide bonds. The fourth-order valence-corrected chi connectivity index (χ4v) is 4.85. The van der Waals surface area contributed by atoms with Crippen LogP contribution in [0, 0.1) is 5.82 Å². The Morgan fingerprint density at radius 2 is 1.89 bits per heavy atom. The summed E-state index contributed by atoms with van der Waals surface area (Å²) >= 11 is 6.29. The summed E-state index contributed by atoms with van der Waals surface area (Å²) in [6.45, 7) is 2.94. The third kappa shape index (κ3) is 4.79. The number of hydrogen-bond donors (Lipinski definition) is 2. The van der Waals surface area contributed by atoms with Crippen LogP contribution in [0.5, 0.6) is 0 Å². The summed E-state index contributed by atoms with van der Waals surface area (Å²) in [5, 5.41) is 3.68. The highest BCUT2D eigenvalue weighted by Crippen LogP contribution is 2.37. The molecule has 1 aromatic carbocycles. The SMILES string of the molecule is Nc1ncnc(N2CCC(c3nc(-c4ccc(F)c(C(F)(F)F)c4)cn3C[C@@H]3CCN3)CC2)c1Cl. The summed E-state index contributed by atoms with van der Waals surface area (Å²) in [7, 11) is 0. The van der Waals surface area contributed by atoms with E-state index in [4.69, 9.17) is 22.3 Å². The molecule has 0 spiro atoms. The fraction of sp³-hybridized carbons (Fsp3) is 0.435. The van der Waals surface area contributed by atoms with Gasteiger partial charge in [0.25, 0.3) is 0 Å². The molecule has 3 aromatic rings. The van der Waals surface area contributed by atoms with Crippen molar-refractivity contribution in [3.05, 3.63) is 53.0 Å². The zero-order chi connectivity index (χ0) is 24.7. The molecule has 12 heteroatoms. The number of imidazole rings is 1. The van der Waals surface area contributed by atoms with Gasteiger partial charge in [0.2, 0.25) is 0 Å². The lowest BCUT2D eigenvalue weighted by Gasteiger charge is -2.34. The molecule has 7 nitrogen and oxygen atoms in total. The number of nitrogens with two attached hydrogens (primary N) is 1. The highest BCUT2D eigenvalue weighted by Gasteiger charge is 2.35. The van der Waals surface area contributed by atoms with Gasteiger partial charge in [-0.2, -0.15) is 13.2 Å². The number of piperidine rings is 1. The zero-order valence-corrected chi connectivity index (χ0v) is 19.5. The van der Waals surface area contributed by atoms with Crippen molar-refractivity contribution < 1.29 is 17.6 Å². The summed E-state index contributed by atoms with van der Waals surface area (Å²) in [5.41, 5.74) is 5.16. The van der Waals surface area contributed by atoms with Crippen molar-refractivity contribution in [2.45, 2.75) is 43.9 Å². The Hall–Kier alpha value is -2.92. The van der Waals surface area contributed by atoms with Crippen molar-refractivity contribution in [2.24, 2.45) is 0 Å². The van der Waals surface area contributed by atoms with Gasteiger partial charge in [0.15, 0.2) is 5.82 Å². The number of rotatable bonds is 5. The number of alkyl halides is 3. The molecule has 2 aromatic heterocycles. The van der Waals surface area contributed by atoms with Crippen LogP contribution in [0.4, 0.5) is 29.2 Å². The molecule has 0 radical (unpaired) electrons. The molecular weight excluding hydrogens is 486 g/mol. The average Bonchev–Trinajstić information content (AvgIpc) is 3.22. The predicted octanol–water partition coefficient (Wildman–Crippen LogP) is 4.48. The molecule has 3 N–H and O–H groups in total. The highest BCUT2D eigenvalue weighted by atomic mass is 35.5. The van der Waals surface area contributed by atoms with E-state index >= 15 is 0 Å². The van der Waals surface area contributed by atoms with E-state index in [-0.39, 0.29) is 23.3 Å². The Balaban J connectivity index is 1.41. The number of nitrogens with zero attached hydrogens (tertiary/aromatic N) is 5. The fourth-order valence-electron chi connectivity index (χ4n) is 4.63. The van der Waals surface area contributed by atoms with Gasteiger partial charge in [0.05, 0.1) is 11.3 Å². The molecule has 0 aliphatic carbocycles. The normalized spacial score (nSPS) is 19.1. The number of benzene rings is 1. The minimum atomic E-state index is -4.78. The largest absolute Gasteiger partial charge is 0.419 e. The molecule has 2 saturated heterocycles. The second kappa shape index (κ2) is 9.27. The van der Waals surface area contributed by atoms with Crippen LogP contribution in [0.1, 0.15) is 36.6 Å². The molecule has 2 aliphatic rings. The Morgan fingerprint density at radius 3 is 2.54 bits per heavy atom. The Bertz CT molecular complexity index is 1220.